The molecule has 3 aromatic rings. The van der Waals surface area contributed by atoms with Crippen molar-refractivity contribution in [3.63, 3.8) is 0 Å². The number of carbonyl (C=O) groups is 2. The van der Waals surface area contributed by atoms with Crippen LogP contribution in [0.5, 0.6) is 5.75 Å². The second-order valence-corrected chi connectivity index (χ2v) is 12.9. The minimum atomic E-state index is -4.53. The van der Waals surface area contributed by atoms with Gasteiger partial charge in [0, 0.05) is 34.3 Å². The van der Waals surface area contributed by atoms with E-state index in [1.54, 1.807) is 12.1 Å². The molecule has 1 N–H and O–H groups in total. The van der Waals surface area contributed by atoms with Gasteiger partial charge in [-0.15, -0.1) is 0 Å². The molecular weight excluding hydrogens is 631 g/mol. The highest BCUT2D eigenvalue weighted by Crippen LogP contribution is 2.30. The predicted octanol–water partition coefficient (Wildman–Crippen LogP) is 5.75. The molecule has 2 atom stereocenters. The van der Waals surface area contributed by atoms with Crippen LogP contribution in [-0.4, -0.2) is 55.8 Å². The van der Waals surface area contributed by atoms with E-state index in [1.165, 1.54) is 68.3 Å². The van der Waals surface area contributed by atoms with Crippen LogP contribution >= 0.6 is 23.2 Å². The number of nitrogens with one attached hydrogen (secondary N) is 1. The molecule has 3 aromatic carbocycles. The largest absolute Gasteiger partial charge is 0.497 e. The monoisotopic (exact) mass is 664 g/mol. The lowest BCUT2D eigenvalue weighted by molar-refractivity contribution is -0.385. The summed E-state index contributed by atoms with van der Waals surface area (Å²) in [6, 6.07) is 13.0. The molecule has 11 nitrogen and oxygen atoms in total. The van der Waals surface area contributed by atoms with Gasteiger partial charge >= 0.3 is 0 Å². The summed E-state index contributed by atoms with van der Waals surface area (Å²) in [7, 11) is -3.09. The van der Waals surface area contributed by atoms with Gasteiger partial charge < -0.3 is 15.0 Å². The fraction of sp³-hybridized carbons (Fsp3) is 0.333. The molecule has 0 saturated heterocycles. The topological polar surface area (TPSA) is 139 Å². The molecular formula is C30H34Cl2N4O7S. The van der Waals surface area contributed by atoms with E-state index in [1.807, 2.05) is 13.8 Å². The molecule has 0 aromatic heterocycles. The molecule has 0 bridgehead atoms. The number of carbonyl (C=O) groups excluding carboxylic acids is 2. The van der Waals surface area contributed by atoms with Crippen molar-refractivity contribution in [3.8, 4) is 5.75 Å². The first-order chi connectivity index (χ1) is 20.7. The van der Waals surface area contributed by atoms with Crippen LogP contribution in [-0.2, 0) is 26.2 Å². The quantitative estimate of drug-likeness (QED) is 0.181. The van der Waals surface area contributed by atoms with Crippen molar-refractivity contribution in [1.29, 1.82) is 0 Å². The third kappa shape index (κ3) is 8.19. The summed E-state index contributed by atoms with van der Waals surface area (Å²) in [4.78, 5) is 39.1. The minimum absolute atomic E-state index is 0.101. The van der Waals surface area contributed by atoms with Gasteiger partial charge in [-0.3, -0.25) is 24.0 Å². The number of amides is 2. The van der Waals surface area contributed by atoms with E-state index in [9.17, 15) is 28.1 Å². The fourth-order valence-electron chi connectivity index (χ4n) is 4.23. The molecule has 2 amide bonds. The van der Waals surface area contributed by atoms with Crippen molar-refractivity contribution in [3.05, 3.63) is 92.0 Å². The van der Waals surface area contributed by atoms with E-state index in [2.05, 4.69) is 5.32 Å². The molecule has 0 aliphatic carbocycles. The lowest BCUT2D eigenvalue weighted by Crippen LogP contribution is -2.52. The Morgan fingerprint density at radius 1 is 1.05 bits per heavy atom. The van der Waals surface area contributed by atoms with E-state index in [0.29, 0.717) is 22.8 Å². The van der Waals surface area contributed by atoms with Crippen LogP contribution in [0.25, 0.3) is 0 Å². The second-order valence-electron chi connectivity index (χ2n) is 10.2. The number of aryl methyl sites for hydroxylation is 1. The highest BCUT2D eigenvalue weighted by Gasteiger charge is 2.34. The van der Waals surface area contributed by atoms with Crippen LogP contribution in [0.1, 0.15) is 38.3 Å². The zero-order valence-corrected chi connectivity index (χ0v) is 27.2. The average molecular weight is 666 g/mol. The summed E-state index contributed by atoms with van der Waals surface area (Å²) in [6.45, 7) is 5.89. The number of benzene rings is 3. The first kappa shape index (κ1) is 34.6. The summed E-state index contributed by atoms with van der Waals surface area (Å²) in [5, 5.41) is 15.1. The molecule has 0 fully saturated rings. The normalized spacial score (nSPS) is 12.6. The van der Waals surface area contributed by atoms with Gasteiger partial charge in [0.25, 0.3) is 15.7 Å². The number of halogens is 2. The Labute approximate surface area is 266 Å². The molecule has 0 saturated carbocycles. The molecule has 0 aliphatic heterocycles. The Morgan fingerprint density at radius 2 is 1.70 bits per heavy atom. The van der Waals surface area contributed by atoms with Crippen molar-refractivity contribution in [1.82, 2.24) is 10.2 Å². The summed E-state index contributed by atoms with van der Waals surface area (Å²) < 4.78 is 34.2. The van der Waals surface area contributed by atoms with Crippen LogP contribution in [0.4, 0.5) is 11.4 Å². The summed E-state index contributed by atoms with van der Waals surface area (Å²) in [6.07, 6.45) is 0.654. The van der Waals surface area contributed by atoms with Crippen molar-refractivity contribution in [2.24, 2.45) is 0 Å². The van der Waals surface area contributed by atoms with Crippen LogP contribution in [0.3, 0.4) is 0 Å². The zero-order valence-electron chi connectivity index (χ0n) is 24.9. The van der Waals surface area contributed by atoms with Crippen molar-refractivity contribution in [2.75, 3.05) is 18.0 Å². The van der Waals surface area contributed by atoms with Gasteiger partial charge in [-0.2, -0.15) is 0 Å². The molecule has 0 unspecified atom stereocenters. The molecule has 44 heavy (non-hydrogen) atoms. The molecule has 0 spiro atoms. The van der Waals surface area contributed by atoms with Gasteiger partial charge in [0.15, 0.2) is 0 Å². The van der Waals surface area contributed by atoms with Crippen LogP contribution in [0.2, 0.25) is 10.0 Å². The zero-order chi connectivity index (χ0) is 32.8. The Bertz CT molecular complexity index is 1630. The first-order valence-corrected chi connectivity index (χ1v) is 15.8. The Hall–Kier alpha value is -3.87. The van der Waals surface area contributed by atoms with E-state index < -0.39 is 39.3 Å². The highest BCUT2D eigenvalue weighted by molar-refractivity contribution is 7.92. The number of nitrogens with zero attached hydrogens (tertiary/aromatic N) is 3. The van der Waals surface area contributed by atoms with Crippen LogP contribution < -0.4 is 14.4 Å². The Balaban J connectivity index is 2.11. The summed E-state index contributed by atoms with van der Waals surface area (Å²) >= 11 is 12.5. The van der Waals surface area contributed by atoms with Crippen LogP contribution in [0, 0.1) is 17.0 Å². The number of rotatable bonds is 13. The Morgan fingerprint density at radius 3 is 2.27 bits per heavy atom. The number of nitro benzene ring substituents is 1. The van der Waals surface area contributed by atoms with Crippen molar-refractivity contribution in [2.45, 2.75) is 57.6 Å². The molecule has 0 radical (unpaired) electrons. The maximum absolute atomic E-state index is 14.1. The average Bonchev–Trinajstić information content (AvgIpc) is 2.98. The van der Waals surface area contributed by atoms with Crippen molar-refractivity contribution < 1.29 is 27.7 Å². The lowest BCUT2D eigenvalue weighted by atomic mass is 10.1. The third-order valence-corrected chi connectivity index (χ3v) is 9.49. The molecule has 0 heterocycles. The van der Waals surface area contributed by atoms with Gasteiger partial charge in [-0.25, -0.2) is 8.42 Å². The van der Waals surface area contributed by atoms with Gasteiger partial charge in [0.1, 0.15) is 18.3 Å². The van der Waals surface area contributed by atoms with E-state index in [-0.39, 0.29) is 39.4 Å². The number of anilines is 1. The van der Waals surface area contributed by atoms with Gasteiger partial charge in [0.05, 0.1) is 22.6 Å². The summed E-state index contributed by atoms with van der Waals surface area (Å²) in [5.41, 5.74) is 0.471. The molecule has 0 aliphatic rings. The predicted molar refractivity (Wildman–Crippen MR) is 170 cm³/mol. The fourth-order valence-corrected chi connectivity index (χ4v) is 6.14. The maximum Gasteiger partial charge on any atom is 0.273 e. The number of ether oxygens (including phenoxy) is 1. The smallest absolute Gasteiger partial charge is 0.273 e. The molecule has 14 heteroatoms. The van der Waals surface area contributed by atoms with Gasteiger partial charge in [-0.05, 0) is 75.2 Å². The standard InChI is InChI=1S/C30H34Cl2N4O7S/c1-6-20(3)33-30(38)21(4)34(17-22-8-9-23(31)15-27(22)32)29(37)18-35(24-10-12-25(43-5)13-11-24)44(41,42)26-14-7-19(2)28(16-26)36(39)40/h7-16,20-21H,6,17-18H2,1-5H3,(H,33,38)/t20-,21-/m0/s1. The highest BCUT2D eigenvalue weighted by atomic mass is 35.5. The number of nitro groups is 1. The third-order valence-electron chi connectivity index (χ3n) is 7.13. The van der Waals surface area contributed by atoms with Crippen molar-refractivity contribution >= 4 is 56.4 Å². The minimum Gasteiger partial charge on any atom is -0.497 e. The number of sulfonamides is 1. The SMILES string of the molecule is CC[C@H](C)NC(=O)[C@H](C)N(Cc1ccc(Cl)cc1Cl)C(=O)CN(c1ccc(OC)cc1)S(=O)(=O)c1ccc(C)c([N+](=O)[O-])c1. The van der Waals surface area contributed by atoms with E-state index in [4.69, 9.17) is 27.9 Å². The number of methoxy groups -OCH3 is 1. The molecule has 236 valence electrons. The van der Waals surface area contributed by atoms with Gasteiger partial charge in [0.2, 0.25) is 11.8 Å². The molecule has 3 rings (SSSR count). The first-order valence-electron chi connectivity index (χ1n) is 13.6. The number of hydrogen-bond donors (Lipinski definition) is 1. The number of hydrogen-bond acceptors (Lipinski definition) is 7. The van der Waals surface area contributed by atoms with Gasteiger partial charge in [-0.1, -0.05) is 42.3 Å². The second kappa shape index (κ2) is 14.7. The van der Waals surface area contributed by atoms with E-state index >= 15 is 0 Å². The maximum atomic E-state index is 14.1. The lowest BCUT2D eigenvalue weighted by Gasteiger charge is -2.32. The van der Waals surface area contributed by atoms with E-state index in [0.717, 1.165) is 10.4 Å². The van der Waals surface area contributed by atoms with Crippen LogP contribution in [0.15, 0.2) is 65.6 Å². The Kier molecular flexibility index (Phi) is 11.6. The summed E-state index contributed by atoms with van der Waals surface area (Å²) in [5.74, 6) is -0.715.